The Hall–Kier alpha value is -2.56. The number of hydrogen-bond acceptors (Lipinski definition) is 4. The second-order valence-corrected chi connectivity index (χ2v) is 4.29. The van der Waals surface area contributed by atoms with Gasteiger partial charge in [-0.05, 0) is 32.0 Å². The van der Waals surface area contributed by atoms with Crippen LogP contribution in [-0.2, 0) is 0 Å². The van der Waals surface area contributed by atoms with E-state index in [1.54, 1.807) is 24.3 Å². The van der Waals surface area contributed by atoms with Crippen molar-refractivity contribution in [2.45, 2.75) is 13.8 Å². The second-order valence-electron chi connectivity index (χ2n) is 4.29. The Bertz CT molecular complexity index is 609. The van der Waals surface area contributed by atoms with Gasteiger partial charge in [-0.1, -0.05) is 11.6 Å². The summed E-state index contributed by atoms with van der Waals surface area (Å²) in [6.07, 6.45) is 1.51. The number of phenols is 1. The molecule has 0 saturated heterocycles. The first-order valence-corrected chi connectivity index (χ1v) is 6.30. The van der Waals surface area contributed by atoms with Crippen LogP contribution in [0.25, 0.3) is 0 Å². The van der Waals surface area contributed by atoms with Crippen LogP contribution in [0, 0.1) is 6.92 Å². The number of ether oxygens (including phenoxy) is 1. The van der Waals surface area contributed by atoms with Crippen LogP contribution >= 0.6 is 0 Å². The molecule has 0 saturated carbocycles. The summed E-state index contributed by atoms with van der Waals surface area (Å²) in [5.74, 6) is 0.0769. The van der Waals surface area contributed by atoms with Gasteiger partial charge < -0.3 is 15.2 Å². The fraction of sp³-hybridized carbons (Fsp3) is 0.200. The Morgan fingerprint density at radius 1 is 1.35 bits per heavy atom. The summed E-state index contributed by atoms with van der Waals surface area (Å²) in [5.41, 5.74) is 1.68. The number of rotatable bonds is 4. The molecule has 104 valence electrons. The van der Waals surface area contributed by atoms with Crippen molar-refractivity contribution in [3.05, 3.63) is 47.7 Å². The monoisotopic (exact) mass is 272 g/mol. The number of pyridine rings is 1. The number of aromatic hydroxyl groups is 1. The van der Waals surface area contributed by atoms with Crippen LogP contribution in [0.15, 0.2) is 36.5 Å². The number of aryl methyl sites for hydroxylation is 1. The number of aromatic nitrogens is 1. The molecule has 0 atom stereocenters. The Labute approximate surface area is 117 Å². The van der Waals surface area contributed by atoms with Crippen molar-refractivity contribution in [1.82, 2.24) is 4.98 Å². The molecule has 5 nitrogen and oxygen atoms in total. The van der Waals surface area contributed by atoms with Crippen LogP contribution < -0.4 is 10.1 Å². The van der Waals surface area contributed by atoms with Gasteiger partial charge >= 0.3 is 0 Å². The summed E-state index contributed by atoms with van der Waals surface area (Å²) >= 11 is 0. The zero-order chi connectivity index (χ0) is 14.5. The van der Waals surface area contributed by atoms with Gasteiger partial charge in [0.1, 0.15) is 5.75 Å². The fourth-order valence-corrected chi connectivity index (χ4v) is 1.72. The van der Waals surface area contributed by atoms with E-state index in [0.717, 1.165) is 5.56 Å². The molecular weight excluding hydrogens is 256 g/mol. The molecular formula is C15H16N2O3. The number of carbonyl (C=O) groups is 1. The Kier molecular flexibility index (Phi) is 4.20. The van der Waals surface area contributed by atoms with Crippen LogP contribution in [0.1, 0.15) is 22.8 Å². The van der Waals surface area contributed by atoms with Crippen molar-refractivity contribution >= 4 is 11.6 Å². The zero-order valence-electron chi connectivity index (χ0n) is 11.4. The molecule has 1 amide bonds. The molecule has 0 radical (unpaired) electrons. The van der Waals surface area contributed by atoms with E-state index in [0.29, 0.717) is 18.2 Å². The molecule has 2 aromatic rings. The summed E-state index contributed by atoms with van der Waals surface area (Å²) in [6.45, 7) is 4.27. The molecule has 0 aliphatic heterocycles. The molecule has 1 heterocycles. The van der Waals surface area contributed by atoms with E-state index in [2.05, 4.69) is 10.3 Å². The van der Waals surface area contributed by atoms with E-state index in [-0.39, 0.29) is 17.2 Å². The van der Waals surface area contributed by atoms with Crippen molar-refractivity contribution in [1.29, 1.82) is 0 Å². The number of benzene rings is 1. The Balaban J connectivity index is 2.13. The van der Waals surface area contributed by atoms with Crippen LogP contribution in [0.3, 0.4) is 0 Å². The van der Waals surface area contributed by atoms with E-state index in [4.69, 9.17) is 4.74 Å². The van der Waals surface area contributed by atoms with E-state index < -0.39 is 0 Å². The van der Waals surface area contributed by atoms with Gasteiger partial charge in [-0.25, -0.2) is 4.98 Å². The van der Waals surface area contributed by atoms with Gasteiger partial charge in [0.15, 0.2) is 0 Å². The minimum absolute atomic E-state index is 0.0491. The third-order valence-electron chi connectivity index (χ3n) is 2.68. The number of phenolic OH excluding ortho intramolecular Hbond substituents is 1. The van der Waals surface area contributed by atoms with Gasteiger partial charge in [0.25, 0.3) is 5.91 Å². The lowest BCUT2D eigenvalue weighted by atomic mass is 10.1. The van der Waals surface area contributed by atoms with Crippen molar-refractivity contribution in [3.8, 4) is 11.6 Å². The van der Waals surface area contributed by atoms with Crippen LogP contribution in [0.2, 0.25) is 0 Å². The maximum Gasteiger partial charge on any atom is 0.259 e. The smallest absolute Gasteiger partial charge is 0.259 e. The number of nitrogens with one attached hydrogen (secondary N) is 1. The number of amides is 1. The number of nitrogens with zero attached hydrogens (tertiary/aromatic N) is 1. The predicted octanol–water partition coefficient (Wildman–Crippen LogP) is 2.75. The lowest BCUT2D eigenvalue weighted by Gasteiger charge is -2.08. The van der Waals surface area contributed by atoms with Crippen molar-refractivity contribution < 1.29 is 14.6 Å². The summed E-state index contributed by atoms with van der Waals surface area (Å²) in [7, 11) is 0. The summed E-state index contributed by atoms with van der Waals surface area (Å²) in [6, 6.07) is 8.25. The number of hydrogen-bond donors (Lipinski definition) is 2. The molecule has 5 heteroatoms. The molecule has 0 unspecified atom stereocenters. The predicted molar refractivity (Wildman–Crippen MR) is 76.2 cm³/mol. The maximum absolute atomic E-state index is 12.1. The van der Waals surface area contributed by atoms with Crippen molar-refractivity contribution in [2.24, 2.45) is 0 Å². The first-order chi connectivity index (χ1) is 9.60. The third-order valence-corrected chi connectivity index (χ3v) is 2.68. The second kappa shape index (κ2) is 6.06. The summed E-state index contributed by atoms with van der Waals surface area (Å²) in [5, 5.41) is 12.4. The topological polar surface area (TPSA) is 71.5 Å². The molecule has 0 spiro atoms. The highest BCUT2D eigenvalue weighted by molar-refractivity contribution is 6.06. The molecule has 0 bridgehead atoms. The van der Waals surface area contributed by atoms with E-state index in [9.17, 15) is 9.90 Å². The molecule has 0 aliphatic carbocycles. The molecule has 1 aromatic heterocycles. The standard InChI is InChI=1S/C15H16N2O3/c1-3-20-14-7-5-11(9-16-14)17-15(19)12-8-10(2)4-6-13(12)18/h4-9,18H,3H2,1-2H3,(H,17,19). The highest BCUT2D eigenvalue weighted by Crippen LogP contribution is 2.20. The van der Waals surface area contributed by atoms with Gasteiger partial charge in [0, 0.05) is 6.07 Å². The van der Waals surface area contributed by atoms with Gasteiger partial charge in [-0.15, -0.1) is 0 Å². The van der Waals surface area contributed by atoms with E-state index >= 15 is 0 Å². The number of carbonyl (C=O) groups excluding carboxylic acids is 1. The Morgan fingerprint density at radius 3 is 2.80 bits per heavy atom. The summed E-state index contributed by atoms with van der Waals surface area (Å²) in [4.78, 5) is 16.1. The fourth-order valence-electron chi connectivity index (χ4n) is 1.72. The average Bonchev–Trinajstić information content (AvgIpc) is 2.44. The van der Waals surface area contributed by atoms with Gasteiger partial charge in [-0.3, -0.25) is 4.79 Å². The van der Waals surface area contributed by atoms with Gasteiger partial charge in [0.05, 0.1) is 24.1 Å². The summed E-state index contributed by atoms with van der Waals surface area (Å²) < 4.78 is 5.22. The molecule has 1 aromatic carbocycles. The Morgan fingerprint density at radius 2 is 2.15 bits per heavy atom. The molecule has 2 N–H and O–H groups in total. The SMILES string of the molecule is CCOc1ccc(NC(=O)c2cc(C)ccc2O)cn1. The number of anilines is 1. The van der Waals surface area contributed by atoms with Gasteiger partial charge in [-0.2, -0.15) is 0 Å². The third kappa shape index (κ3) is 3.26. The average molecular weight is 272 g/mol. The molecule has 0 fully saturated rings. The largest absolute Gasteiger partial charge is 0.507 e. The first-order valence-electron chi connectivity index (χ1n) is 6.30. The minimum Gasteiger partial charge on any atom is -0.507 e. The van der Waals surface area contributed by atoms with Crippen molar-refractivity contribution in [2.75, 3.05) is 11.9 Å². The maximum atomic E-state index is 12.1. The quantitative estimate of drug-likeness (QED) is 0.897. The molecule has 0 aliphatic rings. The van der Waals surface area contributed by atoms with E-state index in [1.807, 2.05) is 13.8 Å². The minimum atomic E-state index is -0.378. The first kappa shape index (κ1) is 13.9. The van der Waals surface area contributed by atoms with E-state index in [1.165, 1.54) is 12.3 Å². The normalized spacial score (nSPS) is 10.1. The highest BCUT2D eigenvalue weighted by Gasteiger charge is 2.11. The molecule has 2 rings (SSSR count). The lowest BCUT2D eigenvalue weighted by Crippen LogP contribution is -2.12. The van der Waals surface area contributed by atoms with Crippen LogP contribution in [0.5, 0.6) is 11.6 Å². The van der Waals surface area contributed by atoms with Crippen molar-refractivity contribution in [3.63, 3.8) is 0 Å². The lowest BCUT2D eigenvalue weighted by molar-refractivity contribution is 0.102. The molecule has 20 heavy (non-hydrogen) atoms. The zero-order valence-corrected chi connectivity index (χ0v) is 11.4. The highest BCUT2D eigenvalue weighted by atomic mass is 16.5. The van der Waals surface area contributed by atoms with Crippen LogP contribution in [0.4, 0.5) is 5.69 Å². The van der Waals surface area contributed by atoms with Gasteiger partial charge in [0.2, 0.25) is 5.88 Å². The van der Waals surface area contributed by atoms with Crippen LogP contribution in [-0.4, -0.2) is 22.6 Å².